The number of carbonyl (C=O) groups excluding carboxylic acids is 2. The van der Waals surface area contributed by atoms with Crippen LogP contribution in [0.2, 0.25) is 19.6 Å². The summed E-state index contributed by atoms with van der Waals surface area (Å²) >= 11 is 0. The third-order valence-electron chi connectivity index (χ3n) is 3.77. The Labute approximate surface area is 155 Å². The Bertz CT molecular complexity index is 765. The summed E-state index contributed by atoms with van der Waals surface area (Å²) in [5, 5.41) is 8.37. The van der Waals surface area contributed by atoms with Crippen molar-refractivity contribution in [1.29, 1.82) is 0 Å². The molecule has 1 heterocycles. The Morgan fingerprint density at radius 3 is 2.35 bits per heavy atom. The molecule has 0 aliphatic heterocycles. The van der Waals surface area contributed by atoms with Gasteiger partial charge in [0.05, 0.1) is 27.3 Å². The fourth-order valence-electron chi connectivity index (χ4n) is 2.53. The van der Waals surface area contributed by atoms with Crippen molar-refractivity contribution in [2.45, 2.75) is 45.8 Å². The minimum atomic E-state index is -1.28. The second-order valence-corrected chi connectivity index (χ2v) is 13.0. The predicted octanol–water partition coefficient (Wildman–Crippen LogP) is 2.49. The van der Waals surface area contributed by atoms with Gasteiger partial charge in [-0.1, -0.05) is 37.0 Å². The summed E-state index contributed by atoms with van der Waals surface area (Å²) in [7, 11) is 0.0670. The molecule has 2 aromatic rings. The van der Waals surface area contributed by atoms with Gasteiger partial charge in [-0.05, 0) is 17.7 Å². The van der Waals surface area contributed by atoms with Gasteiger partial charge in [0.25, 0.3) is 0 Å². The fourth-order valence-corrected chi connectivity index (χ4v) is 3.66. The second kappa shape index (κ2) is 8.26. The van der Waals surface area contributed by atoms with Crippen molar-refractivity contribution in [3.63, 3.8) is 0 Å². The molecule has 0 spiro atoms. The van der Waals surface area contributed by atoms with Crippen LogP contribution in [0.5, 0.6) is 0 Å². The van der Waals surface area contributed by atoms with E-state index in [9.17, 15) is 9.59 Å². The predicted molar refractivity (Wildman–Crippen MR) is 101 cm³/mol. The molecular weight excluding hydrogens is 348 g/mol. The van der Waals surface area contributed by atoms with Gasteiger partial charge >= 0.3 is 5.97 Å². The minimum Gasteiger partial charge on any atom is -0.465 e. The third kappa shape index (κ3) is 5.80. The van der Waals surface area contributed by atoms with Crippen molar-refractivity contribution in [1.82, 2.24) is 19.9 Å². The molecule has 1 amide bonds. The first-order valence-electron chi connectivity index (χ1n) is 8.50. The maximum Gasteiger partial charge on any atom is 0.337 e. The molecular formula is C18H26N4O3Si. The van der Waals surface area contributed by atoms with Gasteiger partial charge in [0.2, 0.25) is 5.91 Å². The summed E-state index contributed by atoms with van der Waals surface area (Å²) in [5.74, 6) is -0.416. The molecule has 0 saturated carbocycles. The van der Waals surface area contributed by atoms with E-state index >= 15 is 0 Å². The summed E-state index contributed by atoms with van der Waals surface area (Å²) in [6.07, 6.45) is 2.81. The smallest absolute Gasteiger partial charge is 0.337 e. The van der Waals surface area contributed by atoms with Gasteiger partial charge in [-0.3, -0.25) is 9.48 Å². The van der Waals surface area contributed by atoms with Crippen LogP contribution in [0.25, 0.3) is 0 Å². The first-order chi connectivity index (χ1) is 12.2. The van der Waals surface area contributed by atoms with Crippen molar-refractivity contribution >= 4 is 20.0 Å². The summed E-state index contributed by atoms with van der Waals surface area (Å²) in [5.41, 5.74) is 2.19. The molecule has 0 unspecified atom stereocenters. The summed E-state index contributed by atoms with van der Waals surface area (Å²) < 4.78 is 6.56. The van der Waals surface area contributed by atoms with Crippen LogP contribution >= 0.6 is 0 Å². The molecule has 0 aliphatic carbocycles. The number of amides is 1. The number of aromatic nitrogens is 3. The topological polar surface area (TPSA) is 77.3 Å². The lowest BCUT2D eigenvalue weighted by Crippen LogP contribution is -2.28. The number of carbonyl (C=O) groups is 2. The van der Waals surface area contributed by atoms with Crippen LogP contribution in [0, 0.1) is 0 Å². The molecule has 0 atom stereocenters. The summed E-state index contributed by atoms with van der Waals surface area (Å²) in [6.45, 7) is 9.20. The number of ether oxygens (including phenoxy) is 1. The van der Waals surface area contributed by atoms with Gasteiger partial charge in [0, 0.05) is 25.8 Å². The van der Waals surface area contributed by atoms with E-state index in [2.05, 4.69) is 30.0 Å². The van der Waals surface area contributed by atoms with E-state index in [0.717, 1.165) is 17.4 Å². The standard InChI is InChI=1S/C18H26N4O3Si/c1-14(23)21(10-15-6-8-16(9-7-15)18(24)25-2)11-17-12-22(20-19-17)13-26(3,4)5/h6-9,12H,10-11,13H2,1-5H3. The van der Waals surface area contributed by atoms with Crippen molar-refractivity contribution in [3.8, 4) is 0 Å². The lowest BCUT2D eigenvalue weighted by molar-refractivity contribution is -0.130. The number of esters is 1. The van der Waals surface area contributed by atoms with E-state index in [0.29, 0.717) is 18.7 Å². The van der Waals surface area contributed by atoms with Gasteiger partial charge < -0.3 is 9.64 Å². The average Bonchev–Trinajstić information content (AvgIpc) is 2.99. The quantitative estimate of drug-likeness (QED) is 0.550. The maximum atomic E-state index is 12.0. The Morgan fingerprint density at radius 1 is 1.15 bits per heavy atom. The van der Waals surface area contributed by atoms with Crippen LogP contribution in [0.15, 0.2) is 30.5 Å². The number of rotatable bonds is 7. The Kier molecular flexibility index (Phi) is 6.31. The molecule has 1 aromatic carbocycles. The van der Waals surface area contributed by atoms with Crippen LogP contribution in [0.1, 0.15) is 28.5 Å². The van der Waals surface area contributed by atoms with Gasteiger partial charge in [0.1, 0.15) is 5.69 Å². The molecule has 0 aliphatic rings. The Morgan fingerprint density at radius 2 is 1.81 bits per heavy atom. The molecule has 0 saturated heterocycles. The number of nitrogens with zero attached hydrogens (tertiary/aromatic N) is 4. The zero-order valence-electron chi connectivity index (χ0n) is 16.0. The maximum absolute atomic E-state index is 12.0. The van der Waals surface area contributed by atoms with Gasteiger partial charge in [-0.25, -0.2) is 4.79 Å². The van der Waals surface area contributed by atoms with Crippen LogP contribution < -0.4 is 0 Å². The molecule has 2 rings (SSSR count). The van der Waals surface area contributed by atoms with E-state index in [1.165, 1.54) is 14.0 Å². The van der Waals surface area contributed by atoms with Crippen molar-refractivity contribution in [2.24, 2.45) is 0 Å². The molecule has 0 fully saturated rings. The second-order valence-electron chi connectivity index (χ2n) is 7.53. The van der Waals surface area contributed by atoms with Crippen LogP contribution in [-0.2, 0) is 28.8 Å². The molecule has 0 radical (unpaired) electrons. The van der Waals surface area contributed by atoms with Crippen LogP contribution in [0.4, 0.5) is 0 Å². The average molecular weight is 375 g/mol. The van der Waals surface area contributed by atoms with E-state index in [-0.39, 0.29) is 11.9 Å². The Balaban J connectivity index is 2.05. The highest BCUT2D eigenvalue weighted by Gasteiger charge is 2.17. The van der Waals surface area contributed by atoms with Gasteiger partial charge in [-0.15, -0.1) is 5.10 Å². The molecule has 26 heavy (non-hydrogen) atoms. The number of hydrogen-bond donors (Lipinski definition) is 0. The lowest BCUT2D eigenvalue weighted by atomic mass is 10.1. The summed E-state index contributed by atoms with van der Waals surface area (Å²) in [4.78, 5) is 25.2. The molecule has 1 aromatic heterocycles. The first kappa shape index (κ1) is 19.8. The van der Waals surface area contributed by atoms with Crippen molar-refractivity contribution in [3.05, 3.63) is 47.3 Å². The molecule has 7 nitrogen and oxygen atoms in total. The molecule has 0 bridgehead atoms. The SMILES string of the molecule is COC(=O)c1ccc(CN(Cc2cn(C[Si](C)(C)C)nn2)C(C)=O)cc1. The molecule has 8 heteroatoms. The first-order valence-corrected chi connectivity index (χ1v) is 12.2. The molecule has 0 N–H and O–H groups in total. The van der Waals surface area contributed by atoms with E-state index < -0.39 is 8.07 Å². The van der Waals surface area contributed by atoms with Crippen LogP contribution in [-0.4, -0.2) is 47.0 Å². The number of benzene rings is 1. The van der Waals surface area contributed by atoms with Crippen LogP contribution in [0.3, 0.4) is 0 Å². The molecule has 140 valence electrons. The summed E-state index contributed by atoms with van der Waals surface area (Å²) in [6, 6.07) is 7.04. The number of hydrogen-bond acceptors (Lipinski definition) is 5. The highest BCUT2D eigenvalue weighted by Crippen LogP contribution is 2.12. The zero-order valence-corrected chi connectivity index (χ0v) is 17.0. The van der Waals surface area contributed by atoms with Crippen molar-refractivity contribution in [2.75, 3.05) is 7.11 Å². The highest BCUT2D eigenvalue weighted by molar-refractivity contribution is 6.74. The largest absolute Gasteiger partial charge is 0.465 e. The van der Waals surface area contributed by atoms with E-state index in [4.69, 9.17) is 4.74 Å². The monoisotopic (exact) mass is 374 g/mol. The normalized spacial score (nSPS) is 11.3. The van der Waals surface area contributed by atoms with Gasteiger partial charge in [-0.2, -0.15) is 0 Å². The minimum absolute atomic E-state index is 0.0400. The van der Waals surface area contributed by atoms with Crippen molar-refractivity contribution < 1.29 is 14.3 Å². The fraction of sp³-hybridized carbons (Fsp3) is 0.444. The Hall–Kier alpha value is -2.48. The van der Waals surface area contributed by atoms with E-state index in [1.807, 2.05) is 23.0 Å². The van der Waals surface area contributed by atoms with Gasteiger partial charge in [0.15, 0.2) is 0 Å². The third-order valence-corrected chi connectivity index (χ3v) is 5.04. The lowest BCUT2D eigenvalue weighted by Gasteiger charge is -2.20. The zero-order chi connectivity index (χ0) is 19.3. The van der Waals surface area contributed by atoms with E-state index in [1.54, 1.807) is 17.0 Å². The highest BCUT2D eigenvalue weighted by atomic mass is 28.3. The number of methoxy groups -OCH3 is 1.